The van der Waals surface area contributed by atoms with E-state index in [1.54, 1.807) is 48.7 Å². The minimum atomic E-state index is -0.271. The minimum Gasteiger partial charge on any atom is -0.437 e. The zero-order valence-electron chi connectivity index (χ0n) is 12.2. The summed E-state index contributed by atoms with van der Waals surface area (Å²) in [4.78, 5) is 20.0. The fraction of sp³-hybridized carbons (Fsp3) is 0. The first-order chi connectivity index (χ1) is 11.6. The van der Waals surface area contributed by atoms with Gasteiger partial charge in [0.25, 0.3) is 5.91 Å². The molecule has 0 saturated carbocycles. The highest BCUT2D eigenvalue weighted by Gasteiger charge is 2.09. The Labute approximate surface area is 148 Å². The van der Waals surface area contributed by atoms with Gasteiger partial charge in [-0.1, -0.05) is 23.2 Å². The predicted molar refractivity (Wildman–Crippen MR) is 93.0 cm³/mol. The molecule has 0 spiro atoms. The Morgan fingerprint density at radius 3 is 2.62 bits per heavy atom. The lowest BCUT2D eigenvalue weighted by atomic mass is 10.2. The number of anilines is 1. The van der Waals surface area contributed by atoms with Crippen molar-refractivity contribution >= 4 is 34.8 Å². The average Bonchev–Trinajstić information content (AvgIpc) is 2.60. The first-order valence-electron chi connectivity index (χ1n) is 6.92. The van der Waals surface area contributed by atoms with Crippen LogP contribution in [0.5, 0.6) is 11.6 Å². The van der Waals surface area contributed by atoms with Gasteiger partial charge in [-0.15, -0.1) is 0 Å². The molecule has 0 atom stereocenters. The van der Waals surface area contributed by atoms with Crippen LogP contribution < -0.4 is 10.1 Å². The van der Waals surface area contributed by atoms with Crippen LogP contribution in [0.15, 0.2) is 61.1 Å². The summed E-state index contributed by atoms with van der Waals surface area (Å²) in [6.07, 6.45) is 4.57. The van der Waals surface area contributed by atoms with E-state index in [-0.39, 0.29) is 5.91 Å². The second kappa shape index (κ2) is 7.29. The number of nitrogens with zero attached hydrogens (tertiary/aromatic N) is 2. The number of halogens is 2. The zero-order chi connectivity index (χ0) is 16.9. The van der Waals surface area contributed by atoms with Crippen molar-refractivity contribution in [2.75, 3.05) is 5.32 Å². The molecule has 3 rings (SSSR count). The molecule has 0 unspecified atom stereocenters. The highest BCUT2D eigenvalue weighted by atomic mass is 35.5. The molecule has 120 valence electrons. The van der Waals surface area contributed by atoms with Crippen molar-refractivity contribution in [3.63, 3.8) is 0 Å². The van der Waals surface area contributed by atoms with Gasteiger partial charge in [0.2, 0.25) is 5.88 Å². The van der Waals surface area contributed by atoms with Crippen molar-refractivity contribution in [1.82, 2.24) is 9.97 Å². The van der Waals surface area contributed by atoms with Crippen LogP contribution in [0.4, 0.5) is 5.69 Å². The van der Waals surface area contributed by atoms with E-state index in [0.717, 1.165) is 0 Å². The highest BCUT2D eigenvalue weighted by molar-refractivity contribution is 6.32. The third-order valence-corrected chi connectivity index (χ3v) is 3.55. The molecular formula is C17H11Cl2N3O2. The summed E-state index contributed by atoms with van der Waals surface area (Å²) >= 11 is 12.0. The third-order valence-electron chi connectivity index (χ3n) is 3.03. The minimum absolute atomic E-state index is 0.271. The molecule has 0 aliphatic heterocycles. The Morgan fingerprint density at radius 2 is 1.96 bits per heavy atom. The summed E-state index contributed by atoms with van der Waals surface area (Å²) in [7, 11) is 0. The van der Waals surface area contributed by atoms with E-state index in [1.165, 1.54) is 12.4 Å². The van der Waals surface area contributed by atoms with Gasteiger partial charge in [-0.25, -0.2) is 4.98 Å². The number of hydrogen-bond acceptors (Lipinski definition) is 4. The Balaban J connectivity index is 1.72. The van der Waals surface area contributed by atoms with Gasteiger partial charge in [-0.2, -0.15) is 0 Å². The molecule has 1 aromatic carbocycles. The van der Waals surface area contributed by atoms with Crippen molar-refractivity contribution < 1.29 is 9.53 Å². The molecule has 0 fully saturated rings. The Kier molecular flexibility index (Phi) is 4.93. The standard InChI is InChI=1S/C17H11Cl2N3O2/c18-12-3-6-16(21-10-12)24-15-5-4-13(8-14(15)19)22-17(23)11-2-1-7-20-9-11/h1-10H,(H,22,23). The van der Waals surface area contributed by atoms with Gasteiger partial charge in [0.15, 0.2) is 0 Å². The number of pyridine rings is 2. The highest BCUT2D eigenvalue weighted by Crippen LogP contribution is 2.31. The molecular weight excluding hydrogens is 349 g/mol. The maximum atomic E-state index is 12.1. The van der Waals surface area contributed by atoms with Gasteiger partial charge >= 0.3 is 0 Å². The molecule has 0 aliphatic rings. The molecule has 7 heteroatoms. The molecule has 0 aliphatic carbocycles. The summed E-state index contributed by atoms with van der Waals surface area (Å²) in [6, 6.07) is 11.6. The van der Waals surface area contributed by atoms with Crippen molar-refractivity contribution in [2.24, 2.45) is 0 Å². The van der Waals surface area contributed by atoms with Crippen LogP contribution >= 0.6 is 23.2 Å². The second-order valence-corrected chi connectivity index (χ2v) is 5.60. The number of carbonyl (C=O) groups excluding carboxylic acids is 1. The SMILES string of the molecule is O=C(Nc1ccc(Oc2ccc(Cl)cn2)c(Cl)c1)c1cccnc1. The van der Waals surface area contributed by atoms with Crippen molar-refractivity contribution in [1.29, 1.82) is 0 Å². The van der Waals surface area contributed by atoms with Crippen LogP contribution in [0.2, 0.25) is 10.0 Å². The third kappa shape index (κ3) is 4.01. The quantitative estimate of drug-likeness (QED) is 0.724. The van der Waals surface area contributed by atoms with Crippen molar-refractivity contribution in [3.05, 3.63) is 76.7 Å². The number of aromatic nitrogens is 2. The van der Waals surface area contributed by atoms with E-state index in [0.29, 0.717) is 32.9 Å². The normalized spacial score (nSPS) is 10.2. The predicted octanol–water partition coefficient (Wildman–Crippen LogP) is 4.83. The number of amides is 1. The number of carbonyl (C=O) groups is 1. The maximum absolute atomic E-state index is 12.1. The molecule has 3 aromatic rings. The zero-order valence-corrected chi connectivity index (χ0v) is 13.8. The molecule has 1 amide bonds. The van der Waals surface area contributed by atoms with Crippen LogP contribution in [0, 0.1) is 0 Å². The molecule has 5 nitrogen and oxygen atoms in total. The van der Waals surface area contributed by atoms with E-state index in [9.17, 15) is 4.79 Å². The largest absolute Gasteiger partial charge is 0.437 e. The maximum Gasteiger partial charge on any atom is 0.257 e. The molecule has 2 aromatic heterocycles. The molecule has 1 N–H and O–H groups in total. The molecule has 2 heterocycles. The smallest absolute Gasteiger partial charge is 0.257 e. The lowest BCUT2D eigenvalue weighted by Crippen LogP contribution is -2.11. The Hall–Kier alpha value is -2.63. The number of hydrogen-bond donors (Lipinski definition) is 1. The molecule has 24 heavy (non-hydrogen) atoms. The van der Waals surface area contributed by atoms with Crippen LogP contribution in [0.1, 0.15) is 10.4 Å². The van der Waals surface area contributed by atoms with Gasteiger partial charge < -0.3 is 10.1 Å². The summed E-state index contributed by atoms with van der Waals surface area (Å²) in [6.45, 7) is 0. The average molecular weight is 360 g/mol. The van der Waals surface area contributed by atoms with Crippen LogP contribution in [-0.4, -0.2) is 15.9 Å². The number of nitrogens with one attached hydrogen (secondary N) is 1. The van der Waals surface area contributed by atoms with E-state index in [2.05, 4.69) is 15.3 Å². The van der Waals surface area contributed by atoms with Crippen LogP contribution in [0.25, 0.3) is 0 Å². The van der Waals surface area contributed by atoms with E-state index in [1.807, 2.05) is 0 Å². The topological polar surface area (TPSA) is 64.1 Å². The number of rotatable bonds is 4. The summed E-state index contributed by atoms with van der Waals surface area (Å²) < 4.78 is 5.58. The van der Waals surface area contributed by atoms with E-state index >= 15 is 0 Å². The molecule has 0 bridgehead atoms. The van der Waals surface area contributed by atoms with Crippen molar-refractivity contribution in [3.8, 4) is 11.6 Å². The van der Waals surface area contributed by atoms with E-state index < -0.39 is 0 Å². The lowest BCUT2D eigenvalue weighted by molar-refractivity contribution is 0.102. The van der Waals surface area contributed by atoms with Gasteiger partial charge in [-0.05, 0) is 36.4 Å². The van der Waals surface area contributed by atoms with Crippen molar-refractivity contribution in [2.45, 2.75) is 0 Å². The summed E-state index contributed by atoms with van der Waals surface area (Å²) in [5.41, 5.74) is 1.00. The first kappa shape index (κ1) is 16.2. The Bertz CT molecular complexity index is 855. The van der Waals surface area contributed by atoms with E-state index in [4.69, 9.17) is 27.9 Å². The lowest BCUT2D eigenvalue weighted by Gasteiger charge is -2.09. The second-order valence-electron chi connectivity index (χ2n) is 4.76. The van der Waals surface area contributed by atoms with Gasteiger partial charge in [0, 0.05) is 30.3 Å². The summed E-state index contributed by atoms with van der Waals surface area (Å²) in [5.74, 6) is 0.520. The van der Waals surface area contributed by atoms with Crippen LogP contribution in [-0.2, 0) is 0 Å². The Morgan fingerprint density at radius 1 is 1.08 bits per heavy atom. The van der Waals surface area contributed by atoms with Gasteiger partial charge in [0.05, 0.1) is 15.6 Å². The van der Waals surface area contributed by atoms with Gasteiger partial charge in [0.1, 0.15) is 5.75 Å². The first-order valence-corrected chi connectivity index (χ1v) is 7.68. The monoisotopic (exact) mass is 359 g/mol. The number of ether oxygens (including phenoxy) is 1. The molecule has 0 radical (unpaired) electrons. The molecule has 0 saturated heterocycles. The fourth-order valence-corrected chi connectivity index (χ4v) is 2.23. The van der Waals surface area contributed by atoms with Crippen LogP contribution in [0.3, 0.4) is 0 Å². The summed E-state index contributed by atoms with van der Waals surface area (Å²) in [5, 5.41) is 3.60. The van der Waals surface area contributed by atoms with Gasteiger partial charge in [-0.3, -0.25) is 9.78 Å². The fourth-order valence-electron chi connectivity index (χ4n) is 1.90. The number of benzene rings is 1.